The largest absolute Gasteiger partial charge is 0.344 e. The van der Waals surface area contributed by atoms with Crippen molar-refractivity contribution in [2.45, 2.75) is 25.4 Å². The monoisotopic (exact) mass is 337 g/mol. The highest BCUT2D eigenvalue weighted by molar-refractivity contribution is 9.10. The lowest BCUT2D eigenvalue weighted by atomic mass is 10.1. The first-order valence-corrected chi connectivity index (χ1v) is 7.37. The fourth-order valence-electron chi connectivity index (χ4n) is 2.47. The predicted molar refractivity (Wildman–Crippen MR) is 78.2 cm³/mol. The van der Waals surface area contributed by atoms with Crippen molar-refractivity contribution in [2.24, 2.45) is 0 Å². The fourth-order valence-corrected chi connectivity index (χ4v) is 2.78. The number of carbonyl (C=O) groups is 1. The molecule has 1 fully saturated rings. The van der Waals surface area contributed by atoms with E-state index >= 15 is 0 Å². The summed E-state index contributed by atoms with van der Waals surface area (Å²) in [6.07, 6.45) is 7.02. The molecule has 0 radical (unpaired) electrons. The van der Waals surface area contributed by atoms with Crippen molar-refractivity contribution in [1.82, 2.24) is 24.6 Å². The number of amides is 1. The van der Waals surface area contributed by atoms with E-state index in [2.05, 4.69) is 31.2 Å². The van der Waals surface area contributed by atoms with E-state index in [0.717, 1.165) is 35.5 Å². The van der Waals surface area contributed by atoms with E-state index in [-0.39, 0.29) is 5.91 Å². The Morgan fingerprint density at radius 3 is 3.10 bits per heavy atom. The molecular weight excluding hydrogens is 322 g/mol. The number of nitrogens with one attached hydrogen (secondary N) is 1. The van der Waals surface area contributed by atoms with Gasteiger partial charge in [-0.2, -0.15) is 0 Å². The second kappa shape index (κ2) is 5.49. The Morgan fingerprint density at radius 2 is 2.30 bits per heavy atom. The van der Waals surface area contributed by atoms with E-state index in [4.69, 9.17) is 0 Å². The van der Waals surface area contributed by atoms with Gasteiger partial charge in [-0.1, -0.05) is 0 Å². The van der Waals surface area contributed by atoms with E-state index in [1.807, 2.05) is 23.8 Å². The highest BCUT2D eigenvalue weighted by atomic mass is 79.9. The first-order valence-electron chi connectivity index (χ1n) is 6.58. The number of carbonyl (C=O) groups excluding carboxylic acids is 1. The van der Waals surface area contributed by atoms with Gasteiger partial charge in [0.1, 0.15) is 4.60 Å². The molecule has 1 aliphatic heterocycles. The number of hydrogen-bond acceptors (Lipinski definition) is 4. The van der Waals surface area contributed by atoms with Crippen molar-refractivity contribution in [3.63, 3.8) is 0 Å². The Hall–Kier alpha value is -1.47. The summed E-state index contributed by atoms with van der Waals surface area (Å²) in [5.74, 6) is 0.229. The molecule has 3 rings (SSSR count). The Morgan fingerprint density at radius 1 is 1.45 bits per heavy atom. The third-order valence-electron chi connectivity index (χ3n) is 3.64. The molecule has 6 nitrogen and oxygen atoms in total. The van der Waals surface area contributed by atoms with Crippen LogP contribution in [0.2, 0.25) is 0 Å². The molecule has 2 aromatic heterocycles. The van der Waals surface area contributed by atoms with E-state index < -0.39 is 0 Å². The Balaban J connectivity index is 1.68. The number of fused-ring (bicyclic) bond motifs is 1. The van der Waals surface area contributed by atoms with Crippen LogP contribution in [-0.2, 0) is 11.3 Å². The highest BCUT2D eigenvalue weighted by Gasteiger charge is 2.22. The van der Waals surface area contributed by atoms with Crippen LogP contribution in [0.3, 0.4) is 0 Å². The van der Waals surface area contributed by atoms with Crippen LogP contribution in [0.5, 0.6) is 0 Å². The quantitative estimate of drug-likeness (QED) is 0.914. The van der Waals surface area contributed by atoms with Gasteiger partial charge in [-0.15, -0.1) is 0 Å². The van der Waals surface area contributed by atoms with Crippen molar-refractivity contribution >= 4 is 27.5 Å². The number of rotatable bonds is 3. The lowest BCUT2D eigenvalue weighted by Gasteiger charge is -2.30. The molecule has 3 heterocycles. The molecule has 0 spiro atoms. The molecule has 0 bridgehead atoms. The predicted octanol–water partition coefficient (Wildman–Crippen LogP) is 1.20. The summed E-state index contributed by atoms with van der Waals surface area (Å²) in [6.45, 7) is 1.49. The minimum Gasteiger partial charge on any atom is -0.344 e. The molecule has 7 heteroatoms. The van der Waals surface area contributed by atoms with Crippen LogP contribution >= 0.6 is 15.9 Å². The van der Waals surface area contributed by atoms with Crippen molar-refractivity contribution < 1.29 is 4.79 Å². The first kappa shape index (κ1) is 13.5. The standard InChI is InChI=1S/C13H16BrN5O/c1-18-7-9(2-3-13(18)20)15-4-10-5-17-12-6-16-11(14)8-19(10)12/h5-6,8-9,15H,2-4,7H2,1H3. The molecule has 0 saturated carbocycles. The molecule has 1 atom stereocenters. The molecule has 0 aliphatic carbocycles. The molecule has 1 unspecified atom stereocenters. The minimum absolute atomic E-state index is 0.229. The van der Waals surface area contributed by atoms with E-state index in [1.165, 1.54) is 0 Å². The molecule has 106 valence electrons. The fraction of sp³-hybridized carbons (Fsp3) is 0.462. The number of halogens is 1. The van der Waals surface area contributed by atoms with Crippen LogP contribution < -0.4 is 5.32 Å². The Kier molecular flexibility index (Phi) is 3.71. The third kappa shape index (κ3) is 2.69. The van der Waals surface area contributed by atoms with Crippen molar-refractivity contribution in [3.8, 4) is 0 Å². The number of hydrogen-bond donors (Lipinski definition) is 1. The number of imidazole rings is 1. The molecule has 1 amide bonds. The maximum Gasteiger partial charge on any atom is 0.222 e. The summed E-state index contributed by atoms with van der Waals surface area (Å²) in [5.41, 5.74) is 1.92. The van der Waals surface area contributed by atoms with Gasteiger partial charge in [0.25, 0.3) is 0 Å². The second-order valence-electron chi connectivity index (χ2n) is 5.08. The van der Waals surface area contributed by atoms with Gasteiger partial charge in [-0.3, -0.25) is 9.20 Å². The van der Waals surface area contributed by atoms with Gasteiger partial charge >= 0.3 is 0 Å². The van der Waals surface area contributed by atoms with Gasteiger partial charge in [0, 0.05) is 38.8 Å². The molecule has 0 aromatic carbocycles. The summed E-state index contributed by atoms with van der Waals surface area (Å²) in [5, 5.41) is 3.50. The van der Waals surface area contributed by atoms with Crippen LogP contribution in [0.15, 0.2) is 23.2 Å². The lowest BCUT2D eigenvalue weighted by molar-refractivity contribution is -0.132. The second-order valence-corrected chi connectivity index (χ2v) is 5.89. The summed E-state index contributed by atoms with van der Waals surface area (Å²) in [7, 11) is 1.85. The number of likely N-dealkylation sites (tertiary alicyclic amines) is 1. The lowest BCUT2D eigenvalue weighted by Crippen LogP contribution is -2.46. The van der Waals surface area contributed by atoms with Crippen LogP contribution in [0.4, 0.5) is 0 Å². The van der Waals surface area contributed by atoms with E-state index in [1.54, 1.807) is 11.1 Å². The molecule has 2 aromatic rings. The zero-order valence-corrected chi connectivity index (χ0v) is 12.8. The smallest absolute Gasteiger partial charge is 0.222 e. The topological polar surface area (TPSA) is 62.5 Å². The van der Waals surface area contributed by atoms with Gasteiger partial charge in [0.2, 0.25) is 5.91 Å². The van der Waals surface area contributed by atoms with Crippen LogP contribution in [0.1, 0.15) is 18.5 Å². The molecule has 1 saturated heterocycles. The normalized spacial score (nSPS) is 19.8. The highest BCUT2D eigenvalue weighted by Crippen LogP contribution is 2.13. The summed E-state index contributed by atoms with van der Waals surface area (Å²) in [6, 6.07) is 0.341. The number of aromatic nitrogens is 3. The molecular formula is C13H16BrN5O. The number of nitrogens with zero attached hydrogens (tertiary/aromatic N) is 4. The molecule has 1 aliphatic rings. The zero-order chi connectivity index (χ0) is 14.1. The maximum absolute atomic E-state index is 11.5. The number of likely N-dealkylation sites (N-methyl/N-ethyl adjacent to an activating group) is 1. The van der Waals surface area contributed by atoms with Crippen LogP contribution in [0.25, 0.3) is 5.65 Å². The average Bonchev–Trinajstić information content (AvgIpc) is 2.82. The van der Waals surface area contributed by atoms with Crippen LogP contribution in [-0.4, -0.2) is 44.8 Å². The van der Waals surface area contributed by atoms with Crippen molar-refractivity contribution in [2.75, 3.05) is 13.6 Å². The first-order chi connectivity index (χ1) is 9.63. The van der Waals surface area contributed by atoms with Gasteiger partial charge in [-0.05, 0) is 22.4 Å². The Bertz CT molecular complexity index is 641. The number of piperidine rings is 1. The molecule has 20 heavy (non-hydrogen) atoms. The van der Waals surface area contributed by atoms with Gasteiger partial charge < -0.3 is 10.2 Å². The SMILES string of the molecule is CN1CC(NCc2cnc3cnc(Br)cn23)CCC1=O. The zero-order valence-electron chi connectivity index (χ0n) is 11.2. The molecule has 1 N–H and O–H groups in total. The third-order valence-corrected chi connectivity index (χ3v) is 4.05. The average molecular weight is 338 g/mol. The van der Waals surface area contributed by atoms with Gasteiger partial charge in [0.05, 0.1) is 18.1 Å². The summed E-state index contributed by atoms with van der Waals surface area (Å²) >= 11 is 3.37. The van der Waals surface area contributed by atoms with E-state index in [0.29, 0.717) is 12.5 Å². The van der Waals surface area contributed by atoms with E-state index in [9.17, 15) is 4.79 Å². The van der Waals surface area contributed by atoms with Crippen LogP contribution in [0, 0.1) is 0 Å². The van der Waals surface area contributed by atoms with Gasteiger partial charge in [-0.25, -0.2) is 9.97 Å². The minimum atomic E-state index is 0.229. The maximum atomic E-state index is 11.5. The summed E-state index contributed by atoms with van der Waals surface area (Å²) < 4.78 is 2.80. The van der Waals surface area contributed by atoms with Crippen molar-refractivity contribution in [1.29, 1.82) is 0 Å². The summed E-state index contributed by atoms with van der Waals surface area (Å²) in [4.78, 5) is 21.7. The van der Waals surface area contributed by atoms with Gasteiger partial charge in [0.15, 0.2) is 5.65 Å². The van der Waals surface area contributed by atoms with Crippen molar-refractivity contribution in [3.05, 3.63) is 28.9 Å². The Labute approximate surface area is 125 Å².